The number of carbonyl (C=O) groups is 1. The van der Waals surface area contributed by atoms with Crippen molar-refractivity contribution in [2.75, 3.05) is 11.9 Å². The van der Waals surface area contributed by atoms with Gasteiger partial charge < -0.3 is 10.1 Å². The molecule has 3 rings (SSSR count). The number of nitrogens with one attached hydrogen (secondary N) is 2. The average Bonchev–Trinajstić information content (AvgIpc) is 2.79. The third-order valence-electron chi connectivity index (χ3n) is 4.76. The van der Waals surface area contributed by atoms with Gasteiger partial charge in [0.15, 0.2) is 6.61 Å². The summed E-state index contributed by atoms with van der Waals surface area (Å²) in [5.74, 6) is -0.740. The summed E-state index contributed by atoms with van der Waals surface area (Å²) in [5.41, 5.74) is -0.439. The first-order valence-corrected chi connectivity index (χ1v) is 12.3. The number of hydrogen-bond acceptors (Lipinski definition) is 4. The number of anilines is 1. The number of amides is 1. The molecule has 0 saturated carbocycles. The van der Waals surface area contributed by atoms with Crippen LogP contribution in [0.1, 0.15) is 24.1 Å². The van der Waals surface area contributed by atoms with E-state index in [1.54, 1.807) is 31.2 Å². The summed E-state index contributed by atoms with van der Waals surface area (Å²) in [6, 6.07) is 15.1. The maximum Gasteiger partial charge on any atom is 0.417 e. The molecule has 0 bridgehead atoms. The van der Waals surface area contributed by atoms with Crippen LogP contribution in [0.3, 0.4) is 0 Å². The lowest BCUT2D eigenvalue weighted by atomic mass is 10.1. The number of rotatable bonds is 8. The van der Waals surface area contributed by atoms with Crippen molar-refractivity contribution in [1.29, 1.82) is 0 Å². The second-order valence-electron chi connectivity index (χ2n) is 7.38. The van der Waals surface area contributed by atoms with Gasteiger partial charge in [0.05, 0.1) is 20.5 Å². The van der Waals surface area contributed by atoms with Crippen molar-refractivity contribution in [3.8, 4) is 5.75 Å². The zero-order valence-electron chi connectivity index (χ0n) is 18.1. The molecule has 1 amide bonds. The van der Waals surface area contributed by atoms with Crippen molar-refractivity contribution in [2.24, 2.45) is 0 Å². The Balaban J connectivity index is 1.64. The summed E-state index contributed by atoms with van der Waals surface area (Å²) in [4.78, 5) is 12.0. The van der Waals surface area contributed by atoms with E-state index in [0.29, 0.717) is 6.07 Å². The Hall–Kier alpha value is -2.79. The molecule has 0 radical (unpaired) electrons. The average molecular weight is 547 g/mol. The number of benzene rings is 3. The van der Waals surface area contributed by atoms with Gasteiger partial charge in [-0.3, -0.25) is 4.79 Å². The largest absolute Gasteiger partial charge is 0.482 e. The standard InChI is InChI=1S/C23H19Cl2F3N2O4S/c1-14(15-5-3-2-4-6-15)30-35(32,33)17-8-10-21(20(25)12-17)34-13-22(31)29-16-7-9-19(24)18(11-16)23(26,27)28/h2-12,14,30H,13H2,1H3,(H,29,31)/t14-/m1/s1. The van der Waals surface area contributed by atoms with Crippen LogP contribution in [0.5, 0.6) is 5.75 Å². The van der Waals surface area contributed by atoms with Gasteiger partial charge in [0.1, 0.15) is 5.75 Å². The molecular weight excluding hydrogens is 528 g/mol. The van der Waals surface area contributed by atoms with E-state index in [-0.39, 0.29) is 21.4 Å². The van der Waals surface area contributed by atoms with E-state index >= 15 is 0 Å². The molecule has 35 heavy (non-hydrogen) atoms. The molecule has 0 fully saturated rings. The van der Waals surface area contributed by atoms with Crippen LogP contribution in [-0.4, -0.2) is 20.9 Å². The summed E-state index contributed by atoms with van der Waals surface area (Å²) in [5, 5.41) is 1.70. The highest BCUT2D eigenvalue weighted by Gasteiger charge is 2.33. The first kappa shape index (κ1) is 26.8. The molecule has 3 aromatic carbocycles. The summed E-state index contributed by atoms with van der Waals surface area (Å²) < 4.78 is 72.2. The topological polar surface area (TPSA) is 84.5 Å². The monoisotopic (exact) mass is 546 g/mol. The molecule has 186 valence electrons. The van der Waals surface area contributed by atoms with Gasteiger partial charge in [-0.2, -0.15) is 13.2 Å². The highest BCUT2D eigenvalue weighted by molar-refractivity contribution is 7.89. The quantitative estimate of drug-likeness (QED) is 0.359. The molecule has 0 aliphatic heterocycles. The molecule has 0 heterocycles. The number of hydrogen-bond donors (Lipinski definition) is 2. The molecule has 3 aromatic rings. The van der Waals surface area contributed by atoms with Crippen molar-refractivity contribution in [3.05, 3.63) is 87.9 Å². The number of carbonyl (C=O) groups excluding carboxylic acids is 1. The number of alkyl halides is 3. The fourth-order valence-electron chi connectivity index (χ4n) is 3.04. The van der Waals surface area contributed by atoms with Crippen molar-refractivity contribution in [3.63, 3.8) is 0 Å². The molecule has 0 aromatic heterocycles. The van der Waals surface area contributed by atoms with E-state index in [4.69, 9.17) is 27.9 Å². The second kappa shape index (κ2) is 10.9. The summed E-state index contributed by atoms with van der Waals surface area (Å²) in [7, 11) is -3.91. The van der Waals surface area contributed by atoms with Gasteiger partial charge in [-0.25, -0.2) is 13.1 Å². The smallest absolute Gasteiger partial charge is 0.417 e. The van der Waals surface area contributed by atoms with E-state index in [0.717, 1.165) is 11.6 Å². The predicted molar refractivity (Wildman–Crippen MR) is 127 cm³/mol. The van der Waals surface area contributed by atoms with Gasteiger partial charge in [0.25, 0.3) is 5.91 Å². The lowest BCUT2D eigenvalue weighted by Gasteiger charge is -2.15. The first-order valence-electron chi connectivity index (χ1n) is 10.0. The molecule has 0 aliphatic rings. The van der Waals surface area contributed by atoms with Crippen LogP contribution in [0, 0.1) is 0 Å². The van der Waals surface area contributed by atoms with Crippen LogP contribution < -0.4 is 14.8 Å². The second-order valence-corrected chi connectivity index (χ2v) is 9.90. The third-order valence-corrected chi connectivity index (χ3v) is 6.92. The number of sulfonamides is 1. The van der Waals surface area contributed by atoms with Gasteiger partial charge in [-0.15, -0.1) is 0 Å². The van der Waals surface area contributed by atoms with Crippen molar-refractivity contribution in [2.45, 2.75) is 24.0 Å². The van der Waals surface area contributed by atoms with Crippen molar-refractivity contribution >= 4 is 44.8 Å². The minimum atomic E-state index is -4.68. The Morgan fingerprint density at radius 3 is 2.31 bits per heavy atom. The minimum absolute atomic E-state index is 0.0176. The third kappa shape index (κ3) is 7.11. The Morgan fingerprint density at radius 1 is 1.00 bits per heavy atom. The molecule has 1 atom stereocenters. The van der Waals surface area contributed by atoms with Gasteiger partial charge >= 0.3 is 6.18 Å². The van der Waals surface area contributed by atoms with Crippen LogP contribution >= 0.6 is 23.2 Å². The highest BCUT2D eigenvalue weighted by Crippen LogP contribution is 2.36. The van der Waals surface area contributed by atoms with E-state index < -0.39 is 45.3 Å². The first-order chi connectivity index (χ1) is 16.4. The van der Waals surface area contributed by atoms with Crippen LogP contribution in [0.25, 0.3) is 0 Å². The van der Waals surface area contributed by atoms with E-state index in [1.807, 2.05) is 6.07 Å². The number of halogens is 5. The molecule has 0 saturated heterocycles. The Kier molecular flexibility index (Phi) is 8.32. The van der Waals surface area contributed by atoms with Crippen LogP contribution in [0.2, 0.25) is 10.0 Å². The van der Waals surface area contributed by atoms with Crippen LogP contribution in [0.4, 0.5) is 18.9 Å². The molecule has 0 aliphatic carbocycles. The maximum atomic E-state index is 13.0. The molecular formula is C23H19Cl2F3N2O4S. The summed E-state index contributed by atoms with van der Waals surface area (Å²) in [6.07, 6.45) is -4.68. The maximum absolute atomic E-state index is 13.0. The molecule has 12 heteroatoms. The Labute approximate surface area is 210 Å². The lowest BCUT2D eigenvalue weighted by molar-refractivity contribution is -0.137. The fraction of sp³-hybridized carbons (Fsp3) is 0.174. The number of ether oxygens (including phenoxy) is 1. The van der Waals surface area contributed by atoms with Gasteiger partial charge in [0.2, 0.25) is 10.0 Å². The van der Waals surface area contributed by atoms with Crippen LogP contribution in [-0.2, 0) is 21.0 Å². The predicted octanol–water partition coefficient (Wildman–Crippen LogP) is 6.07. The molecule has 0 spiro atoms. The summed E-state index contributed by atoms with van der Waals surface area (Å²) >= 11 is 11.7. The summed E-state index contributed by atoms with van der Waals surface area (Å²) in [6.45, 7) is 1.11. The lowest BCUT2D eigenvalue weighted by Crippen LogP contribution is -2.27. The van der Waals surface area contributed by atoms with Crippen molar-refractivity contribution in [1.82, 2.24) is 4.72 Å². The molecule has 6 nitrogen and oxygen atoms in total. The zero-order chi connectivity index (χ0) is 25.8. The van der Waals surface area contributed by atoms with Crippen LogP contribution in [0.15, 0.2) is 71.6 Å². The van der Waals surface area contributed by atoms with Gasteiger partial charge in [-0.05, 0) is 48.9 Å². The van der Waals surface area contributed by atoms with Crippen molar-refractivity contribution < 1.29 is 31.1 Å². The SMILES string of the molecule is C[C@@H](NS(=O)(=O)c1ccc(OCC(=O)Nc2ccc(Cl)c(C(F)(F)F)c2)c(Cl)c1)c1ccccc1. The normalized spacial score (nSPS) is 12.7. The molecule has 2 N–H and O–H groups in total. The van der Waals surface area contributed by atoms with Gasteiger partial charge in [-0.1, -0.05) is 53.5 Å². The fourth-order valence-corrected chi connectivity index (χ4v) is 4.82. The van der Waals surface area contributed by atoms with E-state index in [2.05, 4.69) is 10.0 Å². The Morgan fingerprint density at radius 2 is 1.69 bits per heavy atom. The minimum Gasteiger partial charge on any atom is -0.482 e. The zero-order valence-corrected chi connectivity index (χ0v) is 20.4. The van der Waals surface area contributed by atoms with E-state index in [1.165, 1.54) is 24.3 Å². The van der Waals surface area contributed by atoms with Gasteiger partial charge in [0, 0.05) is 11.7 Å². The van der Waals surface area contributed by atoms with E-state index in [9.17, 15) is 26.4 Å². The molecule has 0 unspecified atom stereocenters. The Bertz CT molecular complexity index is 1320. The highest BCUT2D eigenvalue weighted by atomic mass is 35.5.